The van der Waals surface area contributed by atoms with Gasteiger partial charge in [0.05, 0.1) is 37.1 Å². The van der Waals surface area contributed by atoms with Crippen molar-refractivity contribution in [3.63, 3.8) is 0 Å². The minimum atomic E-state index is -4.34. The molecule has 0 unspecified atom stereocenters. The van der Waals surface area contributed by atoms with Gasteiger partial charge in [-0.3, -0.25) is 14.3 Å². The number of carbonyl (C=O) groups excluding carboxylic acids is 2. The van der Waals surface area contributed by atoms with Crippen molar-refractivity contribution in [1.29, 1.82) is 0 Å². The number of pyridine rings is 1. The molecule has 0 saturated heterocycles. The highest BCUT2D eigenvalue weighted by atomic mass is 31.2. The number of rotatable bonds is 14. The molecule has 0 aliphatic carbocycles. The van der Waals surface area contributed by atoms with Crippen LogP contribution >= 0.6 is 7.60 Å². The standard InChI is InChI=1S/C32H40FN2O9P/c1-19(2)35(20(3)4)18-24-14-23(10-11-26(24)27-16-29(42-6)34-17-28(27)33)32(38)44-25-9-7-8-22(15-25)30(36)21(5)31(37)43-12-13-45(39,40)41/h7-11,14-17,19-21,30,36H,12-13,18H2,1-6H3,(H2,39,40,41)/t21-,30+/m0/s1. The topological polar surface area (TPSA) is 156 Å². The molecule has 244 valence electrons. The van der Waals surface area contributed by atoms with Crippen LogP contribution in [-0.4, -0.2) is 68.7 Å². The molecule has 1 aromatic heterocycles. The molecule has 3 rings (SSSR count). The van der Waals surface area contributed by atoms with Gasteiger partial charge in [0.25, 0.3) is 0 Å². The molecule has 0 aliphatic heterocycles. The summed E-state index contributed by atoms with van der Waals surface area (Å²) < 4.78 is 41.7. The molecule has 0 fully saturated rings. The fourth-order valence-corrected chi connectivity index (χ4v) is 5.08. The van der Waals surface area contributed by atoms with Crippen molar-refractivity contribution >= 4 is 19.5 Å². The molecular formula is C32H40FN2O9P. The van der Waals surface area contributed by atoms with Crippen LogP contribution in [0.5, 0.6) is 11.6 Å². The summed E-state index contributed by atoms with van der Waals surface area (Å²) in [5.41, 5.74) is 2.02. The highest BCUT2D eigenvalue weighted by molar-refractivity contribution is 7.51. The molecule has 0 spiro atoms. The Kier molecular flexibility index (Phi) is 12.4. The normalized spacial score (nSPS) is 13.2. The minimum Gasteiger partial charge on any atom is -0.481 e. The number of aliphatic hydroxyl groups is 1. The molecule has 2 atom stereocenters. The Morgan fingerprint density at radius 1 is 1.00 bits per heavy atom. The monoisotopic (exact) mass is 646 g/mol. The van der Waals surface area contributed by atoms with Gasteiger partial charge in [-0.05, 0) is 75.6 Å². The fraction of sp³-hybridized carbons (Fsp3) is 0.406. The number of benzene rings is 2. The molecule has 0 bridgehead atoms. The molecule has 3 N–H and O–H groups in total. The van der Waals surface area contributed by atoms with E-state index in [1.807, 2.05) is 0 Å². The van der Waals surface area contributed by atoms with E-state index < -0.39 is 50.1 Å². The first-order valence-electron chi connectivity index (χ1n) is 14.4. The van der Waals surface area contributed by atoms with Crippen LogP contribution in [0.1, 0.15) is 62.2 Å². The number of halogens is 1. The summed E-state index contributed by atoms with van der Waals surface area (Å²) in [5.74, 6) is -2.78. The van der Waals surface area contributed by atoms with E-state index >= 15 is 0 Å². The van der Waals surface area contributed by atoms with Crippen LogP contribution in [0.2, 0.25) is 0 Å². The quantitative estimate of drug-likeness (QED) is 0.121. The lowest BCUT2D eigenvalue weighted by Gasteiger charge is -2.31. The van der Waals surface area contributed by atoms with Gasteiger partial charge in [-0.1, -0.05) is 18.2 Å². The van der Waals surface area contributed by atoms with Crippen LogP contribution in [0.3, 0.4) is 0 Å². The van der Waals surface area contributed by atoms with Gasteiger partial charge >= 0.3 is 19.5 Å². The number of nitrogens with zero attached hydrogens (tertiary/aromatic N) is 2. The number of hydrogen-bond acceptors (Lipinski definition) is 9. The Bertz CT molecular complexity index is 1530. The molecule has 11 nitrogen and oxygen atoms in total. The number of carbonyl (C=O) groups is 2. The Hall–Kier alpha value is -3.67. The van der Waals surface area contributed by atoms with E-state index in [9.17, 15) is 23.7 Å². The lowest BCUT2D eigenvalue weighted by Crippen LogP contribution is -2.36. The lowest BCUT2D eigenvalue weighted by atomic mass is 9.96. The zero-order valence-electron chi connectivity index (χ0n) is 26.1. The zero-order chi connectivity index (χ0) is 33.5. The molecule has 0 amide bonds. The van der Waals surface area contributed by atoms with Gasteiger partial charge in [-0.2, -0.15) is 0 Å². The van der Waals surface area contributed by atoms with Gasteiger partial charge in [-0.15, -0.1) is 0 Å². The second-order valence-electron chi connectivity index (χ2n) is 11.2. The maximum absolute atomic E-state index is 15.0. The van der Waals surface area contributed by atoms with Crippen LogP contribution in [0, 0.1) is 11.7 Å². The van der Waals surface area contributed by atoms with E-state index in [1.54, 1.807) is 18.2 Å². The van der Waals surface area contributed by atoms with Crippen molar-refractivity contribution in [1.82, 2.24) is 9.88 Å². The van der Waals surface area contributed by atoms with E-state index in [1.165, 1.54) is 44.4 Å². The molecule has 13 heteroatoms. The number of aliphatic hydroxyl groups excluding tert-OH is 1. The first-order valence-corrected chi connectivity index (χ1v) is 16.2. The maximum atomic E-state index is 15.0. The van der Waals surface area contributed by atoms with Gasteiger partial charge in [-0.25, -0.2) is 14.2 Å². The maximum Gasteiger partial charge on any atom is 0.343 e. The van der Waals surface area contributed by atoms with E-state index in [-0.39, 0.29) is 40.4 Å². The Balaban J connectivity index is 1.87. The number of ether oxygens (including phenoxy) is 3. The Morgan fingerprint density at radius 3 is 2.31 bits per heavy atom. The van der Waals surface area contributed by atoms with Crippen molar-refractivity contribution in [3.8, 4) is 22.8 Å². The highest BCUT2D eigenvalue weighted by Gasteiger charge is 2.27. The first-order chi connectivity index (χ1) is 21.1. The third kappa shape index (κ3) is 9.91. The van der Waals surface area contributed by atoms with Crippen LogP contribution < -0.4 is 9.47 Å². The molecule has 3 aromatic rings. The van der Waals surface area contributed by atoms with Gasteiger partial charge in [0, 0.05) is 30.3 Å². The van der Waals surface area contributed by atoms with Crippen molar-refractivity contribution < 1.29 is 47.6 Å². The third-order valence-corrected chi connectivity index (χ3v) is 8.00. The summed E-state index contributed by atoms with van der Waals surface area (Å²) in [5, 5.41) is 10.8. The molecule has 0 saturated carbocycles. The van der Waals surface area contributed by atoms with E-state index in [2.05, 4.69) is 37.6 Å². The van der Waals surface area contributed by atoms with E-state index in [0.717, 1.165) is 6.20 Å². The van der Waals surface area contributed by atoms with Gasteiger partial charge in [0.1, 0.15) is 18.2 Å². The van der Waals surface area contributed by atoms with Gasteiger partial charge in [0.15, 0.2) is 0 Å². The summed E-state index contributed by atoms with van der Waals surface area (Å²) in [6, 6.07) is 12.7. The molecule has 1 heterocycles. The summed E-state index contributed by atoms with van der Waals surface area (Å²) >= 11 is 0. The molecular weight excluding hydrogens is 606 g/mol. The molecule has 0 radical (unpaired) electrons. The second-order valence-corrected chi connectivity index (χ2v) is 13.0. The molecule has 45 heavy (non-hydrogen) atoms. The average molecular weight is 647 g/mol. The van der Waals surface area contributed by atoms with Crippen molar-refractivity contribution in [2.24, 2.45) is 5.92 Å². The van der Waals surface area contributed by atoms with Crippen LogP contribution in [0.15, 0.2) is 54.7 Å². The number of hydrogen-bond donors (Lipinski definition) is 3. The Labute approximate surface area is 262 Å². The van der Waals surface area contributed by atoms with E-state index in [0.29, 0.717) is 17.7 Å². The minimum absolute atomic E-state index is 0.111. The van der Waals surface area contributed by atoms with Crippen LogP contribution in [-0.2, 0) is 20.6 Å². The zero-order valence-corrected chi connectivity index (χ0v) is 27.0. The lowest BCUT2D eigenvalue weighted by molar-refractivity contribution is -0.151. The fourth-order valence-electron chi connectivity index (χ4n) is 4.75. The largest absolute Gasteiger partial charge is 0.481 e. The van der Waals surface area contributed by atoms with Gasteiger partial charge in [0.2, 0.25) is 5.88 Å². The van der Waals surface area contributed by atoms with Gasteiger partial charge < -0.3 is 29.1 Å². The first kappa shape index (κ1) is 35.8. The smallest absolute Gasteiger partial charge is 0.343 e. The van der Waals surface area contributed by atoms with E-state index in [4.69, 9.17) is 24.0 Å². The van der Waals surface area contributed by atoms with Crippen molar-refractivity contribution in [2.45, 2.75) is 59.4 Å². The number of aromatic nitrogens is 1. The summed E-state index contributed by atoms with van der Waals surface area (Å²) in [4.78, 5) is 49.6. The second kappa shape index (κ2) is 15.6. The van der Waals surface area contributed by atoms with Crippen molar-refractivity contribution in [2.75, 3.05) is 19.9 Å². The predicted octanol–water partition coefficient (Wildman–Crippen LogP) is 5.12. The molecule has 0 aliphatic rings. The highest BCUT2D eigenvalue weighted by Crippen LogP contribution is 2.34. The average Bonchev–Trinajstić information content (AvgIpc) is 2.98. The summed E-state index contributed by atoms with van der Waals surface area (Å²) in [6.07, 6.45) is -0.885. The van der Waals surface area contributed by atoms with Crippen LogP contribution in [0.4, 0.5) is 4.39 Å². The SMILES string of the molecule is COc1cc(-c2ccc(C(=O)Oc3cccc([C@H](O)[C@H](C)C(=O)OCCP(=O)(O)O)c3)cc2CN(C(C)C)C(C)C)c(F)cn1. The van der Waals surface area contributed by atoms with Crippen LogP contribution in [0.25, 0.3) is 11.1 Å². The number of esters is 2. The molecule has 2 aromatic carbocycles. The number of methoxy groups -OCH3 is 1. The summed E-state index contributed by atoms with van der Waals surface area (Å²) in [6.45, 7) is 9.55. The third-order valence-electron chi connectivity index (χ3n) is 7.23. The predicted molar refractivity (Wildman–Crippen MR) is 165 cm³/mol. The Morgan fingerprint density at radius 2 is 1.69 bits per heavy atom. The summed E-state index contributed by atoms with van der Waals surface area (Å²) in [7, 11) is -2.89. The van der Waals surface area contributed by atoms with Crippen molar-refractivity contribution in [3.05, 3.63) is 77.2 Å².